The molecule has 0 aliphatic rings. The molecule has 6 heteroatoms. The number of benzene rings is 3. The van der Waals surface area contributed by atoms with E-state index in [0.717, 1.165) is 43.4 Å². The first-order valence-electron chi connectivity index (χ1n) is 8.69. The predicted molar refractivity (Wildman–Crippen MR) is 113 cm³/mol. The second-order valence-corrected chi connectivity index (χ2v) is 7.50. The number of aromatic nitrogens is 1. The molecule has 0 spiro atoms. The van der Waals surface area contributed by atoms with Gasteiger partial charge in [0.1, 0.15) is 5.75 Å². The molecule has 0 amide bonds. The number of pyridine rings is 1. The molecule has 0 aliphatic carbocycles. The molecule has 0 fully saturated rings. The Morgan fingerprint density at radius 2 is 1.79 bits per heavy atom. The molecule has 3 aromatic carbocycles. The summed E-state index contributed by atoms with van der Waals surface area (Å²) in [5, 5.41) is 14.3. The van der Waals surface area contributed by atoms with Crippen LogP contribution in [0.15, 0.2) is 66.7 Å². The van der Waals surface area contributed by atoms with Crippen LogP contribution in [0.2, 0.25) is 0 Å². The fourth-order valence-corrected chi connectivity index (χ4v) is 4.76. The molecule has 2 aromatic heterocycles. The lowest BCUT2D eigenvalue weighted by molar-refractivity contribution is -0.384. The van der Waals surface area contributed by atoms with Crippen molar-refractivity contribution in [3.63, 3.8) is 0 Å². The van der Waals surface area contributed by atoms with Crippen molar-refractivity contribution in [2.75, 3.05) is 7.11 Å². The molecule has 0 bridgehead atoms. The fraction of sp³-hybridized carbons (Fsp3) is 0.0455. The largest absolute Gasteiger partial charge is 0.497 e. The summed E-state index contributed by atoms with van der Waals surface area (Å²) in [6.45, 7) is 0. The van der Waals surface area contributed by atoms with Gasteiger partial charge in [-0.05, 0) is 30.3 Å². The zero-order valence-electron chi connectivity index (χ0n) is 14.9. The van der Waals surface area contributed by atoms with Crippen molar-refractivity contribution in [1.29, 1.82) is 0 Å². The van der Waals surface area contributed by atoms with Gasteiger partial charge in [-0.3, -0.25) is 10.1 Å². The number of hydrogen-bond acceptors (Lipinski definition) is 5. The first-order chi connectivity index (χ1) is 13.7. The number of nitrogens with zero attached hydrogens (tertiary/aromatic N) is 2. The van der Waals surface area contributed by atoms with E-state index in [-0.39, 0.29) is 5.69 Å². The van der Waals surface area contributed by atoms with E-state index in [0.29, 0.717) is 0 Å². The van der Waals surface area contributed by atoms with E-state index in [1.54, 1.807) is 30.6 Å². The Labute approximate surface area is 164 Å². The van der Waals surface area contributed by atoms with Gasteiger partial charge in [0, 0.05) is 49.3 Å². The van der Waals surface area contributed by atoms with Crippen molar-refractivity contribution in [2.24, 2.45) is 0 Å². The summed E-state index contributed by atoms with van der Waals surface area (Å²) in [6, 6.07) is 20.7. The molecule has 0 radical (unpaired) electrons. The predicted octanol–water partition coefficient (Wildman–Crippen LogP) is 6.19. The number of hydrogen-bond donors (Lipinski definition) is 0. The first kappa shape index (κ1) is 16.6. The first-order valence-corrected chi connectivity index (χ1v) is 9.51. The highest BCUT2D eigenvalue weighted by Crippen LogP contribution is 2.43. The van der Waals surface area contributed by atoms with Gasteiger partial charge in [0.2, 0.25) is 0 Å². The molecule has 0 aliphatic heterocycles. The number of ether oxygens (including phenoxy) is 1. The standard InChI is InChI=1S/C22H14N2O3S/c1-27-15-10-11-16-18(12-15)23-21(13-6-8-14(9-7-13)24(25)26)20-17-4-2-3-5-19(17)28-22(16)20/h2-12H,1H3. The van der Waals surface area contributed by atoms with Crippen molar-refractivity contribution in [3.8, 4) is 17.0 Å². The van der Waals surface area contributed by atoms with Crippen LogP contribution >= 0.6 is 11.3 Å². The molecular weight excluding hydrogens is 372 g/mol. The summed E-state index contributed by atoms with van der Waals surface area (Å²) >= 11 is 1.73. The Kier molecular flexibility index (Phi) is 3.74. The maximum atomic E-state index is 11.0. The third-order valence-electron chi connectivity index (χ3n) is 4.87. The molecule has 5 rings (SSSR count). The van der Waals surface area contributed by atoms with Crippen LogP contribution < -0.4 is 4.74 Å². The minimum Gasteiger partial charge on any atom is -0.497 e. The molecule has 5 aromatic rings. The summed E-state index contributed by atoms with van der Waals surface area (Å²) in [6.07, 6.45) is 0. The summed E-state index contributed by atoms with van der Waals surface area (Å²) in [5.41, 5.74) is 2.58. The highest BCUT2D eigenvalue weighted by atomic mass is 32.1. The van der Waals surface area contributed by atoms with E-state index in [2.05, 4.69) is 12.1 Å². The summed E-state index contributed by atoms with van der Waals surface area (Å²) in [5.74, 6) is 0.745. The van der Waals surface area contributed by atoms with Gasteiger partial charge in [-0.25, -0.2) is 4.98 Å². The number of nitro groups is 1. The van der Waals surface area contributed by atoms with E-state index >= 15 is 0 Å². The number of thiophene rings is 1. The van der Waals surface area contributed by atoms with Crippen LogP contribution in [-0.2, 0) is 0 Å². The lowest BCUT2D eigenvalue weighted by Gasteiger charge is -2.09. The highest BCUT2D eigenvalue weighted by Gasteiger charge is 2.17. The minimum atomic E-state index is -0.391. The van der Waals surface area contributed by atoms with Gasteiger partial charge in [-0.1, -0.05) is 18.2 Å². The van der Waals surface area contributed by atoms with Crippen LogP contribution in [0.4, 0.5) is 5.69 Å². The van der Waals surface area contributed by atoms with Crippen molar-refractivity contribution >= 4 is 48.1 Å². The lowest BCUT2D eigenvalue weighted by atomic mass is 10.0. The monoisotopic (exact) mass is 386 g/mol. The summed E-state index contributed by atoms with van der Waals surface area (Å²) in [7, 11) is 1.64. The molecule has 0 unspecified atom stereocenters. The second kappa shape index (κ2) is 6.28. The maximum absolute atomic E-state index is 11.0. The molecule has 0 atom stereocenters. The maximum Gasteiger partial charge on any atom is 0.269 e. The Bertz CT molecular complexity index is 1370. The van der Waals surface area contributed by atoms with Gasteiger partial charge >= 0.3 is 0 Å². The zero-order chi connectivity index (χ0) is 19.3. The fourth-order valence-electron chi connectivity index (χ4n) is 3.52. The Hall–Kier alpha value is -3.51. The SMILES string of the molecule is COc1ccc2c(c1)nc(-c1ccc([N+](=O)[O-])cc1)c1c3ccccc3sc21. The molecule has 5 nitrogen and oxygen atoms in total. The van der Waals surface area contributed by atoms with E-state index in [1.807, 2.05) is 30.3 Å². The zero-order valence-corrected chi connectivity index (χ0v) is 15.7. The van der Waals surface area contributed by atoms with Crippen LogP contribution in [0.3, 0.4) is 0 Å². The summed E-state index contributed by atoms with van der Waals surface area (Å²) in [4.78, 5) is 15.6. The smallest absolute Gasteiger partial charge is 0.269 e. The number of methoxy groups -OCH3 is 1. The van der Waals surface area contributed by atoms with Crippen LogP contribution in [0.1, 0.15) is 0 Å². The van der Waals surface area contributed by atoms with Gasteiger partial charge in [0.15, 0.2) is 0 Å². The van der Waals surface area contributed by atoms with E-state index < -0.39 is 4.92 Å². The Morgan fingerprint density at radius 3 is 2.54 bits per heavy atom. The van der Waals surface area contributed by atoms with Gasteiger partial charge < -0.3 is 4.74 Å². The normalized spacial score (nSPS) is 11.3. The average molecular weight is 386 g/mol. The lowest BCUT2D eigenvalue weighted by Crippen LogP contribution is -1.91. The quantitative estimate of drug-likeness (QED) is 0.274. The highest BCUT2D eigenvalue weighted by molar-refractivity contribution is 7.26. The van der Waals surface area contributed by atoms with Crippen LogP contribution in [0, 0.1) is 10.1 Å². The van der Waals surface area contributed by atoms with E-state index in [9.17, 15) is 10.1 Å². The average Bonchev–Trinajstić information content (AvgIpc) is 3.12. The topological polar surface area (TPSA) is 65.3 Å². The van der Waals surface area contributed by atoms with E-state index in [1.165, 1.54) is 16.8 Å². The number of rotatable bonds is 3. The van der Waals surface area contributed by atoms with E-state index in [4.69, 9.17) is 9.72 Å². The second-order valence-electron chi connectivity index (χ2n) is 6.45. The van der Waals surface area contributed by atoms with Crippen molar-refractivity contribution in [1.82, 2.24) is 4.98 Å². The molecule has 136 valence electrons. The molecule has 0 saturated heterocycles. The van der Waals surface area contributed by atoms with Crippen LogP contribution in [-0.4, -0.2) is 17.0 Å². The van der Waals surface area contributed by atoms with Crippen molar-refractivity contribution in [2.45, 2.75) is 0 Å². The molecule has 2 heterocycles. The summed E-state index contributed by atoms with van der Waals surface area (Å²) < 4.78 is 7.71. The molecule has 28 heavy (non-hydrogen) atoms. The van der Waals surface area contributed by atoms with Crippen LogP contribution in [0.5, 0.6) is 5.75 Å². The van der Waals surface area contributed by atoms with Crippen LogP contribution in [0.25, 0.3) is 42.3 Å². The number of nitro benzene ring substituents is 1. The Morgan fingerprint density at radius 1 is 1.00 bits per heavy atom. The Balaban J connectivity index is 1.90. The van der Waals surface area contributed by atoms with Gasteiger partial charge in [-0.2, -0.15) is 0 Å². The minimum absolute atomic E-state index is 0.0672. The van der Waals surface area contributed by atoms with Gasteiger partial charge in [0.25, 0.3) is 5.69 Å². The van der Waals surface area contributed by atoms with Gasteiger partial charge in [-0.15, -0.1) is 11.3 Å². The molecule has 0 saturated carbocycles. The van der Waals surface area contributed by atoms with Crippen molar-refractivity contribution < 1.29 is 9.66 Å². The number of fused-ring (bicyclic) bond motifs is 5. The third kappa shape index (κ3) is 2.50. The van der Waals surface area contributed by atoms with Crippen molar-refractivity contribution in [3.05, 3.63) is 76.8 Å². The molecule has 0 N–H and O–H groups in total. The molecular formula is C22H14N2O3S. The number of non-ortho nitro benzene ring substituents is 1. The third-order valence-corrected chi connectivity index (χ3v) is 6.07. The van der Waals surface area contributed by atoms with Gasteiger partial charge in [0.05, 0.1) is 23.2 Å².